The van der Waals surface area contributed by atoms with Crippen molar-refractivity contribution in [2.24, 2.45) is 7.05 Å². The molecule has 4 aromatic rings. The lowest BCUT2D eigenvalue weighted by atomic mass is 10.1. The van der Waals surface area contributed by atoms with Crippen LogP contribution in [-0.4, -0.2) is 32.1 Å². The third-order valence-corrected chi connectivity index (χ3v) is 5.04. The van der Waals surface area contributed by atoms with E-state index in [0.29, 0.717) is 17.3 Å². The van der Waals surface area contributed by atoms with Crippen LogP contribution in [-0.2, 0) is 18.4 Å². The summed E-state index contributed by atoms with van der Waals surface area (Å²) in [5.41, 5.74) is 1.29. The van der Waals surface area contributed by atoms with E-state index in [0.717, 1.165) is 15.7 Å². The molecule has 1 N–H and O–H groups in total. The average Bonchev–Trinajstić information content (AvgIpc) is 2.80. The van der Waals surface area contributed by atoms with E-state index in [4.69, 9.17) is 4.74 Å². The summed E-state index contributed by atoms with van der Waals surface area (Å²) in [6, 6.07) is 14.4. The van der Waals surface area contributed by atoms with Gasteiger partial charge in [0, 0.05) is 30.6 Å². The standard InChI is InChI=1S/C23H21N5O4/c1-14-7-9-15(10-8-14)20-24-12-18-21(26-20)27(2)23(31)28(22(18)30)13-19(29)25-16-5-4-6-17(11-16)32-3/h4-12H,13H2,1-3H3,(H,25,29). The van der Waals surface area contributed by atoms with Crippen molar-refractivity contribution in [2.75, 3.05) is 12.4 Å². The van der Waals surface area contributed by atoms with Gasteiger partial charge in [-0.2, -0.15) is 0 Å². The largest absolute Gasteiger partial charge is 0.497 e. The van der Waals surface area contributed by atoms with Crippen molar-refractivity contribution in [1.29, 1.82) is 0 Å². The maximum Gasteiger partial charge on any atom is 0.332 e. The van der Waals surface area contributed by atoms with Crippen LogP contribution in [0, 0.1) is 6.92 Å². The molecule has 0 aliphatic rings. The first-order valence-corrected chi connectivity index (χ1v) is 9.85. The highest BCUT2D eigenvalue weighted by molar-refractivity contribution is 5.91. The normalized spacial score (nSPS) is 10.8. The first-order chi connectivity index (χ1) is 15.4. The monoisotopic (exact) mass is 431 g/mol. The van der Waals surface area contributed by atoms with E-state index in [2.05, 4.69) is 15.3 Å². The van der Waals surface area contributed by atoms with Gasteiger partial charge in [-0.15, -0.1) is 0 Å². The lowest BCUT2D eigenvalue weighted by Crippen LogP contribution is -2.42. The SMILES string of the molecule is COc1cccc(NC(=O)Cn2c(=O)c3cnc(-c4ccc(C)cc4)nc3n(C)c2=O)c1. The zero-order chi connectivity index (χ0) is 22.8. The number of carbonyl (C=O) groups is 1. The number of anilines is 1. The Balaban J connectivity index is 1.69. The van der Waals surface area contributed by atoms with Crippen molar-refractivity contribution in [2.45, 2.75) is 13.5 Å². The number of methoxy groups -OCH3 is 1. The molecule has 2 heterocycles. The van der Waals surface area contributed by atoms with Crippen LogP contribution >= 0.6 is 0 Å². The summed E-state index contributed by atoms with van der Waals surface area (Å²) in [4.78, 5) is 47.0. The fourth-order valence-corrected chi connectivity index (χ4v) is 3.31. The third-order valence-electron chi connectivity index (χ3n) is 5.04. The van der Waals surface area contributed by atoms with Gasteiger partial charge in [0.25, 0.3) is 5.56 Å². The number of nitrogens with one attached hydrogen (secondary N) is 1. The zero-order valence-electron chi connectivity index (χ0n) is 17.8. The Morgan fingerprint density at radius 3 is 2.59 bits per heavy atom. The summed E-state index contributed by atoms with van der Waals surface area (Å²) in [6.45, 7) is 1.53. The van der Waals surface area contributed by atoms with E-state index >= 15 is 0 Å². The smallest absolute Gasteiger partial charge is 0.332 e. The van der Waals surface area contributed by atoms with Crippen molar-refractivity contribution in [3.05, 3.63) is 81.1 Å². The number of amides is 1. The van der Waals surface area contributed by atoms with E-state index in [9.17, 15) is 14.4 Å². The molecular formula is C23H21N5O4. The molecule has 0 aliphatic carbocycles. The fraction of sp³-hybridized carbons (Fsp3) is 0.174. The van der Waals surface area contributed by atoms with Crippen molar-refractivity contribution >= 4 is 22.6 Å². The molecule has 0 spiro atoms. The Bertz CT molecular complexity index is 1440. The number of aromatic nitrogens is 4. The minimum Gasteiger partial charge on any atom is -0.497 e. The van der Waals surface area contributed by atoms with Crippen LogP contribution in [0.4, 0.5) is 5.69 Å². The Morgan fingerprint density at radius 1 is 1.12 bits per heavy atom. The van der Waals surface area contributed by atoms with Gasteiger partial charge in [0.15, 0.2) is 11.5 Å². The van der Waals surface area contributed by atoms with E-state index in [1.807, 2.05) is 31.2 Å². The Labute approximate surface area is 182 Å². The summed E-state index contributed by atoms with van der Waals surface area (Å²) in [7, 11) is 3.03. The Morgan fingerprint density at radius 2 is 1.88 bits per heavy atom. The van der Waals surface area contributed by atoms with Crippen LogP contribution < -0.4 is 21.3 Å². The molecule has 0 radical (unpaired) electrons. The number of carbonyl (C=O) groups excluding carboxylic acids is 1. The highest BCUT2D eigenvalue weighted by Crippen LogP contribution is 2.18. The molecular weight excluding hydrogens is 410 g/mol. The molecule has 0 fully saturated rings. The van der Waals surface area contributed by atoms with Crippen molar-refractivity contribution in [3.8, 4) is 17.1 Å². The molecule has 9 heteroatoms. The number of rotatable bonds is 5. The highest BCUT2D eigenvalue weighted by Gasteiger charge is 2.16. The van der Waals surface area contributed by atoms with E-state index in [1.165, 1.54) is 24.9 Å². The molecule has 4 rings (SSSR count). The van der Waals surface area contributed by atoms with Crippen molar-refractivity contribution < 1.29 is 9.53 Å². The molecule has 0 saturated heterocycles. The Kier molecular flexibility index (Phi) is 5.55. The molecule has 2 aromatic carbocycles. The molecule has 0 unspecified atom stereocenters. The molecule has 0 atom stereocenters. The summed E-state index contributed by atoms with van der Waals surface area (Å²) in [5, 5.41) is 2.81. The fourth-order valence-electron chi connectivity index (χ4n) is 3.31. The molecule has 9 nitrogen and oxygen atoms in total. The van der Waals surface area contributed by atoms with Crippen molar-refractivity contribution in [3.63, 3.8) is 0 Å². The maximum atomic E-state index is 13.0. The van der Waals surface area contributed by atoms with E-state index in [1.54, 1.807) is 24.3 Å². The van der Waals surface area contributed by atoms with Gasteiger partial charge in [0.1, 0.15) is 17.7 Å². The van der Waals surface area contributed by atoms with Gasteiger partial charge < -0.3 is 10.1 Å². The number of hydrogen-bond acceptors (Lipinski definition) is 6. The second-order valence-corrected chi connectivity index (χ2v) is 7.31. The predicted octanol–water partition coefficient (Wildman–Crippen LogP) is 2.11. The summed E-state index contributed by atoms with van der Waals surface area (Å²) in [5.74, 6) is 0.456. The summed E-state index contributed by atoms with van der Waals surface area (Å²) < 4.78 is 7.24. The second-order valence-electron chi connectivity index (χ2n) is 7.31. The highest BCUT2D eigenvalue weighted by atomic mass is 16.5. The maximum absolute atomic E-state index is 13.0. The van der Waals surface area contributed by atoms with Gasteiger partial charge in [-0.3, -0.25) is 18.7 Å². The van der Waals surface area contributed by atoms with Gasteiger partial charge in [0.2, 0.25) is 5.91 Å². The lowest BCUT2D eigenvalue weighted by molar-refractivity contribution is -0.116. The molecule has 0 aliphatic heterocycles. The minimum atomic E-state index is -0.642. The quantitative estimate of drug-likeness (QED) is 0.519. The number of benzene rings is 2. The third kappa shape index (κ3) is 4.00. The second kappa shape index (κ2) is 8.46. The molecule has 2 aromatic heterocycles. The number of fused-ring (bicyclic) bond motifs is 1. The minimum absolute atomic E-state index is 0.150. The Hall–Kier alpha value is -4.27. The lowest BCUT2D eigenvalue weighted by Gasteiger charge is -2.11. The summed E-state index contributed by atoms with van der Waals surface area (Å²) in [6.07, 6.45) is 1.38. The van der Waals surface area contributed by atoms with Gasteiger partial charge in [-0.25, -0.2) is 14.8 Å². The van der Waals surface area contributed by atoms with E-state index < -0.39 is 23.7 Å². The van der Waals surface area contributed by atoms with E-state index in [-0.39, 0.29) is 11.0 Å². The van der Waals surface area contributed by atoms with Gasteiger partial charge in [0.05, 0.1) is 7.11 Å². The number of aryl methyl sites for hydroxylation is 2. The van der Waals surface area contributed by atoms with Crippen LogP contribution in [0.3, 0.4) is 0 Å². The van der Waals surface area contributed by atoms with Crippen LogP contribution in [0.5, 0.6) is 5.75 Å². The first kappa shape index (κ1) is 21.0. The van der Waals surface area contributed by atoms with Gasteiger partial charge in [-0.1, -0.05) is 35.9 Å². The zero-order valence-corrected chi connectivity index (χ0v) is 17.8. The van der Waals surface area contributed by atoms with Crippen LogP contribution in [0.2, 0.25) is 0 Å². The number of nitrogens with zero attached hydrogens (tertiary/aromatic N) is 4. The van der Waals surface area contributed by atoms with Crippen LogP contribution in [0.25, 0.3) is 22.4 Å². The molecule has 0 bridgehead atoms. The van der Waals surface area contributed by atoms with Gasteiger partial charge in [-0.05, 0) is 19.1 Å². The average molecular weight is 431 g/mol. The first-order valence-electron chi connectivity index (χ1n) is 9.85. The van der Waals surface area contributed by atoms with Crippen molar-refractivity contribution in [1.82, 2.24) is 19.1 Å². The topological polar surface area (TPSA) is 108 Å². The predicted molar refractivity (Wildman–Crippen MR) is 121 cm³/mol. The molecule has 162 valence electrons. The molecule has 1 amide bonds. The summed E-state index contributed by atoms with van der Waals surface area (Å²) >= 11 is 0. The molecule has 0 saturated carbocycles. The number of ether oxygens (including phenoxy) is 1. The van der Waals surface area contributed by atoms with Crippen LogP contribution in [0.15, 0.2) is 64.3 Å². The van der Waals surface area contributed by atoms with Crippen LogP contribution in [0.1, 0.15) is 5.56 Å². The number of hydrogen-bond donors (Lipinski definition) is 1. The molecule has 32 heavy (non-hydrogen) atoms. The van der Waals surface area contributed by atoms with Gasteiger partial charge >= 0.3 is 5.69 Å².